The summed E-state index contributed by atoms with van der Waals surface area (Å²) in [6.45, 7) is 2.16. The molecular weight excluding hydrogens is 220 g/mol. The maximum Gasteiger partial charge on any atom is 0.0926 e. The number of nitrogens with zero attached hydrogens (tertiary/aromatic N) is 2. The highest BCUT2D eigenvalue weighted by Gasteiger charge is 2.24. The molecule has 1 aliphatic rings. The third-order valence-electron chi connectivity index (χ3n) is 3.71. The summed E-state index contributed by atoms with van der Waals surface area (Å²) in [6, 6.07) is 10.8. The van der Waals surface area contributed by atoms with Gasteiger partial charge in [-0.2, -0.15) is 0 Å². The zero-order valence-corrected chi connectivity index (χ0v) is 10.1. The molecule has 0 spiro atoms. The van der Waals surface area contributed by atoms with Crippen LogP contribution in [0.5, 0.6) is 0 Å². The summed E-state index contributed by atoms with van der Waals surface area (Å²) in [5.41, 5.74) is 6.13. The average Bonchev–Trinajstić information content (AvgIpc) is 2.79. The van der Waals surface area contributed by atoms with E-state index in [1.165, 1.54) is 27.5 Å². The number of aromatic nitrogens is 2. The highest BCUT2D eigenvalue weighted by atomic mass is 14.8. The molecule has 0 amide bonds. The van der Waals surface area contributed by atoms with Gasteiger partial charge in [-0.3, -0.25) is 9.97 Å². The van der Waals surface area contributed by atoms with Gasteiger partial charge in [0, 0.05) is 24.4 Å². The second-order valence-electron chi connectivity index (χ2n) is 4.80. The van der Waals surface area contributed by atoms with E-state index in [1.807, 2.05) is 0 Å². The van der Waals surface area contributed by atoms with Gasteiger partial charge >= 0.3 is 0 Å². The normalized spacial score (nSPS) is 12.5. The molecule has 4 rings (SSSR count). The fourth-order valence-electron chi connectivity index (χ4n) is 2.96. The molecule has 2 heteroatoms. The lowest BCUT2D eigenvalue weighted by Crippen LogP contribution is -1.88. The van der Waals surface area contributed by atoms with E-state index in [4.69, 9.17) is 0 Å². The second kappa shape index (κ2) is 3.39. The standard InChI is InChI=1S/C16H12N2/c1-10-8-11-4-2-3-5-12(11)13-9-14-16(15(10)13)18-7-6-17-14/h2-8H,9H2,1H3. The highest BCUT2D eigenvalue weighted by Crippen LogP contribution is 2.40. The van der Waals surface area contributed by atoms with E-state index in [-0.39, 0.29) is 0 Å². The molecular formula is C16H12N2. The smallest absolute Gasteiger partial charge is 0.0926 e. The first-order chi connectivity index (χ1) is 8.84. The highest BCUT2D eigenvalue weighted by molar-refractivity contribution is 5.95. The summed E-state index contributed by atoms with van der Waals surface area (Å²) < 4.78 is 0. The fraction of sp³-hybridized carbons (Fsp3) is 0.125. The predicted molar refractivity (Wildman–Crippen MR) is 72.5 cm³/mol. The lowest BCUT2D eigenvalue weighted by atomic mass is 9.96. The van der Waals surface area contributed by atoms with Crippen molar-refractivity contribution < 1.29 is 0 Å². The van der Waals surface area contributed by atoms with Crippen LogP contribution in [0.1, 0.15) is 16.8 Å². The third-order valence-corrected chi connectivity index (χ3v) is 3.71. The van der Waals surface area contributed by atoms with Crippen LogP contribution in [0.15, 0.2) is 42.7 Å². The molecule has 2 nitrogen and oxygen atoms in total. The molecule has 2 aromatic carbocycles. The predicted octanol–water partition coefficient (Wildman–Crippen LogP) is 3.51. The molecule has 0 aliphatic heterocycles. The van der Waals surface area contributed by atoms with Crippen LogP contribution < -0.4 is 0 Å². The van der Waals surface area contributed by atoms with E-state index in [2.05, 4.69) is 47.2 Å². The van der Waals surface area contributed by atoms with Gasteiger partial charge in [-0.1, -0.05) is 30.3 Å². The topological polar surface area (TPSA) is 25.8 Å². The van der Waals surface area contributed by atoms with Crippen molar-refractivity contribution in [3.8, 4) is 11.3 Å². The second-order valence-corrected chi connectivity index (χ2v) is 4.80. The summed E-state index contributed by atoms with van der Waals surface area (Å²) in [5.74, 6) is 0. The third kappa shape index (κ3) is 1.17. The van der Waals surface area contributed by atoms with Crippen molar-refractivity contribution in [1.82, 2.24) is 9.97 Å². The summed E-state index contributed by atoms with van der Waals surface area (Å²) in [7, 11) is 0. The molecule has 0 saturated carbocycles. The van der Waals surface area contributed by atoms with Gasteiger partial charge in [0.1, 0.15) is 0 Å². The van der Waals surface area contributed by atoms with Gasteiger partial charge in [-0.15, -0.1) is 0 Å². The SMILES string of the molecule is Cc1cc2ccccc2c2c1-c1nccnc1C2. The minimum absolute atomic E-state index is 0.903. The molecule has 1 aromatic heterocycles. The zero-order valence-electron chi connectivity index (χ0n) is 10.1. The zero-order chi connectivity index (χ0) is 12.1. The van der Waals surface area contributed by atoms with E-state index in [1.54, 1.807) is 12.4 Å². The minimum atomic E-state index is 0.903. The molecule has 0 N–H and O–H groups in total. The lowest BCUT2D eigenvalue weighted by molar-refractivity contribution is 1.09. The molecule has 86 valence electrons. The molecule has 1 heterocycles. The van der Waals surface area contributed by atoms with Crippen LogP contribution in [-0.4, -0.2) is 9.97 Å². The van der Waals surface area contributed by atoms with Crippen molar-refractivity contribution in [2.24, 2.45) is 0 Å². The van der Waals surface area contributed by atoms with Gasteiger partial charge in [0.05, 0.1) is 11.4 Å². The first-order valence-corrected chi connectivity index (χ1v) is 6.16. The number of benzene rings is 2. The number of fused-ring (bicyclic) bond motifs is 5. The lowest BCUT2D eigenvalue weighted by Gasteiger charge is -2.08. The Morgan fingerprint density at radius 2 is 1.89 bits per heavy atom. The average molecular weight is 232 g/mol. The Morgan fingerprint density at radius 3 is 2.83 bits per heavy atom. The molecule has 0 radical (unpaired) electrons. The molecule has 0 fully saturated rings. The minimum Gasteiger partial charge on any atom is -0.257 e. The fourth-order valence-corrected chi connectivity index (χ4v) is 2.96. The Morgan fingerprint density at radius 1 is 1.06 bits per heavy atom. The molecule has 0 saturated heterocycles. The van der Waals surface area contributed by atoms with Crippen LogP contribution in [0.2, 0.25) is 0 Å². The van der Waals surface area contributed by atoms with Crippen molar-refractivity contribution in [2.75, 3.05) is 0 Å². The summed E-state index contributed by atoms with van der Waals surface area (Å²) in [5, 5.41) is 2.64. The molecule has 0 bridgehead atoms. The van der Waals surface area contributed by atoms with Gasteiger partial charge in [0.15, 0.2) is 0 Å². The molecule has 3 aromatic rings. The van der Waals surface area contributed by atoms with Crippen LogP contribution in [-0.2, 0) is 6.42 Å². The number of hydrogen-bond acceptors (Lipinski definition) is 2. The van der Waals surface area contributed by atoms with Crippen LogP contribution in [0.4, 0.5) is 0 Å². The molecule has 0 unspecified atom stereocenters. The van der Waals surface area contributed by atoms with Gasteiger partial charge in [-0.05, 0) is 28.8 Å². The first-order valence-electron chi connectivity index (χ1n) is 6.16. The van der Waals surface area contributed by atoms with Crippen molar-refractivity contribution in [2.45, 2.75) is 13.3 Å². The van der Waals surface area contributed by atoms with E-state index < -0.39 is 0 Å². The van der Waals surface area contributed by atoms with Gasteiger partial charge < -0.3 is 0 Å². The van der Waals surface area contributed by atoms with E-state index in [0.717, 1.165) is 17.8 Å². The molecule has 1 aliphatic carbocycles. The quantitative estimate of drug-likeness (QED) is 0.463. The first kappa shape index (κ1) is 9.77. The molecule has 0 atom stereocenters. The number of hydrogen-bond donors (Lipinski definition) is 0. The summed E-state index contributed by atoms with van der Waals surface area (Å²) >= 11 is 0. The van der Waals surface area contributed by atoms with Gasteiger partial charge in [0.2, 0.25) is 0 Å². The monoisotopic (exact) mass is 232 g/mol. The maximum absolute atomic E-state index is 4.51. The van der Waals surface area contributed by atoms with Gasteiger partial charge in [0.25, 0.3) is 0 Å². The van der Waals surface area contributed by atoms with Crippen molar-refractivity contribution in [3.05, 3.63) is 59.5 Å². The number of rotatable bonds is 0. The largest absolute Gasteiger partial charge is 0.257 e. The Balaban J connectivity index is 2.16. The van der Waals surface area contributed by atoms with E-state index in [0.29, 0.717) is 0 Å². The van der Waals surface area contributed by atoms with Gasteiger partial charge in [-0.25, -0.2) is 0 Å². The van der Waals surface area contributed by atoms with Crippen molar-refractivity contribution in [1.29, 1.82) is 0 Å². The van der Waals surface area contributed by atoms with Crippen LogP contribution in [0.25, 0.3) is 22.0 Å². The Labute approximate surface area is 105 Å². The number of aryl methyl sites for hydroxylation is 1. The van der Waals surface area contributed by atoms with Crippen molar-refractivity contribution >= 4 is 10.8 Å². The summed E-state index contributed by atoms with van der Waals surface area (Å²) in [6.07, 6.45) is 4.46. The van der Waals surface area contributed by atoms with Crippen LogP contribution in [0.3, 0.4) is 0 Å². The maximum atomic E-state index is 4.51. The Hall–Kier alpha value is -2.22. The van der Waals surface area contributed by atoms with Crippen molar-refractivity contribution in [3.63, 3.8) is 0 Å². The summed E-state index contributed by atoms with van der Waals surface area (Å²) in [4.78, 5) is 8.97. The Kier molecular flexibility index (Phi) is 1.84. The van der Waals surface area contributed by atoms with E-state index >= 15 is 0 Å². The van der Waals surface area contributed by atoms with E-state index in [9.17, 15) is 0 Å². The Bertz CT molecular complexity index is 775. The molecule has 18 heavy (non-hydrogen) atoms. The van der Waals surface area contributed by atoms with Crippen LogP contribution in [0, 0.1) is 6.92 Å². The van der Waals surface area contributed by atoms with Crippen LogP contribution >= 0.6 is 0 Å².